The Balaban J connectivity index is 2.25. The average molecular weight is 261 g/mol. The van der Waals surface area contributed by atoms with E-state index < -0.39 is 0 Å². The molecular formula is C16H27N3. The minimum Gasteiger partial charge on any atom is -0.329 e. The van der Waals surface area contributed by atoms with Crippen molar-refractivity contribution in [1.82, 2.24) is 9.80 Å². The Kier molecular flexibility index (Phi) is 4.61. The third kappa shape index (κ3) is 2.99. The highest BCUT2D eigenvalue weighted by molar-refractivity contribution is 5.36. The molecule has 1 heterocycles. The van der Waals surface area contributed by atoms with Crippen molar-refractivity contribution in [3.05, 3.63) is 34.9 Å². The van der Waals surface area contributed by atoms with Crippen molar-refractivity contribution in [1.29, 1.82) is 0 Å². The number of benzene rings is 1. The van der Waals surface area contributed by atoms with Gasteiger partial charge in [-0.3, -0.25) is 4.90 Å². The monoisotopic (exact) mass is 261 g/mol. The highest BCUT2D eigenvalue weighted by Gasteiger charge is 2.28. The van der Waals surface area contributed by atoms with Crippen molar-refractivity contribution >= 4 is 0 Å². The van der Waals surface area contributed by atoms with Crippen molar-refractivity contribution < 1.29 is 0 Å². The van der Waals surface area contributed by atoms with E-state index in [1.54, 1.807) is 0 Å². The number of nitrogens with two attached hydrogens (primary N) is 1. The zero-order valence-electron chi connectivity index (χ0n) is 12.7. The lowest BCUT2D eigenvalue weighted by Crippen LogP contribution is -2.52. The SMILES string of the molecule is Cc1cccc(C)c1C(CN)N1CCN(C)C(C)C1. The molecule has 0 amide bonds. The first kappa shape index (κ1) is 14.5. The number of rotatable bonds is 3. The van der Waals surface area contributed by atoms with E-state index in [1.165, 1.54) is 16.7 Å². The Labute approximate surface area is 117 Å². The summed E-state index contributed by atoms with van der Waals surface area (Å²) in [5.41, 5.74) is 10.3. The molecule has 0 radical (unpaired) electrons. The average Bonchev–Trinajstić information content (AvgIpc) is 2.37. The van der Waals surface area contributed by atoms with E-state index in [1.807, 2.05) is 0 Å². The van der Waals surface area contributed by atoms with Gasteiger partial charge in [0.25, 0.3) is 0 Å². The lowest BCUT2D eigenvalue weighted by Gasteiger charge is -2.42. The summed E-state index contributed by atoms with van der Waals surface area (Å²) in [7, 11) is 2.21. The molecule has 1 aliphatic heterocycles. The number of hydrogen-bond donors (Lipinski definition) is 1. The van der Waals surface area contributed by atoms with E-state index >= 15 is 0 Å². The second-order valence-electron chi connectivity index (χ2n) is 5.88. The van der Waals surface area contributed by atoms with Gasteiger partial charge >= 0.3 is 0 Å². The predicted octanol–water partition coefficient (Wildman–Crippen LogP) is 1.94. The summed E-state index contributed by atoms with van der Waals surface area (Å²) >= 11 is 0. The van der Waals surface area contributed by atoms with Gasteiger partial charge in [0.15, 0.2) is 0 Å². The van der Waals surface area contributed by atoms with Gasteiger partial charge < -0.3 is 10.6 Å². The van der Waals surface area contributed by atoms with Gasteiger partial charge in [0, 0.05) is 38.3 Å². The molecule has 1 aliphatic rings. The molecule has 3 nitrogen and oxygen atoms in total. The van der Waals surface area contributed by atoms with Gasteiger partial charge in [-0.2, -0.15) is 0 Å². The highest BCUT2D eigenvalue weighted by Crippen LogP contribution is 2.28. The first-order chi connectivity index (χ1) is 9.04. The lowest BCUT2D eigenvalue weighted by molar-refractivity contribution is 0.0737. The molecule has 2 unspecified atom stereocenters. The van der Waals surface area contributed by atoms with Crippen molar-refractivity contribution in [2.75, 3.05) is 33.2 Å². The van der Waals surface area contributed by atoms with Gasteiger partial charge in [0.2, 0.25) is 0 Å². The van der Waals surface area contributed by atoms with Gasteiger partial charge in [-0.05, 0) is 44.5 Å². The fourth-order valence-corrected chi connectivity index (χ4v) is 3.16. The van der Waals surface area contributed by atoms with Crippen molar-refractivity contribution in [2.24, 2.45) is 5.73 Å². The van der Waals surface area contributed by atoms with Gasteiger partial charge in [-0.25, -0.2) is 0 Å². The first-order valence-electron chi connectivity index (χ1n) is 7.25. The zero-order valence-corrected chi connectivity index (χ0v) is 12.7. The maximum absolute atomic E-state index is 6.10. The molecule has 1 saturated heterocycles. The summed E-state index contributed by atoms with van der Waals surface area (Å²) in [6.07, 6.45) is 0. The Morgan fingerprint density at radius 2 is 1.89 bits per heavy atom. The molecule has 2 atom stereocenters. The summed E-state index contributed by atoms with van der Waals surface area (Å²) < 4.78 is 0. The maximum atomic E-state index is 6.10. The summed E-state index contributed by atoms with van der Waals surface area (Å²) in [6.45, 7) is 10.7. The molecule has 0 bridgehead atoms. The third-order valence-corrected chi connectivity index (χ3v) is 4.53. The fourth-order valence-electron chi connectivity index (χ4n) is 3.16. The van der Waals surface area contributed by atoms with E-state index in [0.717, 1.165) is 19.6 Å². The first-order valence-corrected chi connectivity index (χ1v) is 7.25. The second-order valence-corrected chi connectivity index (χ2v) is 5.88. The van der Waals surface area contributed by atoms with Crippen LogP contribution in [-0.4, -0.2) is 49.1 Å². The fraction of sp³-hybridized carbons (Fsp3) is 0.625. The largest absolute Gasteiger partial charge is 0.329 e. The van der Waals surface area contributed by atoms with Crippen molar-refractivity contribution in [3.8, 4) is 0 Å². The zero-order chi connectivity index (χ0) is 14.0. The van der Waals surface area contributed by atoms with Gasteiger partial charge in [-0.15, -0.1) is 0 Å². The van der Waals surface area contributed by atoms with E-state index in [0.29, 0.717) is 18.6 Å². The van der Waals surface area contributed by atoms with Crippen LogP contribution in [0.15, 0.2) is 18.2 Å². The van der Waals surface area contributed by atoms with Crippen molar-refractivity contribution in [2.45, 2.75) is 32.9 Å². The van der Waals surface area contributed by atoms with Crippen LogP contribution in [0.25, 0.3) is 0 Å². The Morgan fingerprint density at radius 3 is 2.42 bits per heavy atom. The van der Waals surface area contributed by atoms with E-state index in [2.05, 4.69) is 55.8 Å². The summed E-state index contributed by atoms with van der Waals surface area (Å²) in [5, 5.41) is 0. The predicted molar refractivity (Wildman–Crippen MR) is 81.4 cm³/mol. The van der Waals surface area contributed by atoms with Crippen LogP contribution in [0.1, 0.15) is 29.7 Å². The topological polar surface area (TPSA) is 32.5 Å². The van der Waals surface area contributed by atoms with Gasteiger partial charge in [-0.1, -0.05) is 18.2 Å². The highest BCUT2D eigenvalue weighted by atomic mass is 15.3. The van der Waals surface area contributed by atoms with E-state index in [9.17, 15) is 0 Å². The van der Waals surface area contributed by atoms with Crippen molar-refractivity contribution in [3.63, 3.8) is 0 Å². The summed E-state index contributed by atoms with van der Waals surface area (Å²) in [4.78, 5) is 4.98. The molecular weight excluding hydrogens is 234 g/mol. The standard InChI is InChI=1S/C16H27N3/c1-12-6-5-7-13(2)16(12)15(10-17)19-9-8-18(4)14(3)11-19/h5-7,14-15H,8-11,17H2,1-4H3. The molecule has 0 spiro atoms. The van der Waals surface area contributed by atoms with Crippen LogP contribution in [-0.2, 0) is 0 Å². The Bertz CT molecular complexity index is 410. The second kappa shape index (κ2) is 6.04. The molecule has 0 aliphatic carbocycles. The quantitative estimate of drug-likeness (QED) is 0.902. The molecule has 1 fully saturated rings. The molecule has 2 N–H and O–H groups in total. The summed E-state index contributed by atoms with van der Waals surface area (Å²) in [5.74, 6) is 0. The number of nitrogens with zero attached hydrogens (tertiary/aromatic N) is 2. The van der Waals surface area contributed by atoms with Crippen LogP contribution < -0.4 is 5.73 Å². The number of hydrogen-bond acceptors (Lipinski definition) is 3. The molecule has 0 saturated carbocycles. The minimum atomic E-state index is 0.359. The summed E-state index contributed by atoms with van der Waals surface area (Å²) in [6, 6.07) is 7.49. The normalized spacial score (nSPS) is 23.5. The lowest BCUT2D eigenvalue weighted by atomic mass is 9.94. The van der Waals surface area contributed by atoms with E-state index in [4.69, 9.17) is 5.73 Å². The van der Waals surface area contributed by atoms with Crippen LogP contribution >= 0.6 is 0 Å². The van der Waals surface area contributed by atoms with Crippen LogP contribution in [0, 0.1) is 13.8 Å². The van der Waals surface area contributed by atoms with Crippen LogP contribution in [0.5, 0.6) is 0 Å². The molecule has 2 rings (SSSR count). The smallest absolute Gasteiger partial charge is 0.0476 e. The molecule has 1 aromatic rings. The third-order valence-electron chi connectivity index (χ3n) is 4.53. The molecule has 0 aromatic heterocycles. The van der Waals surface area contributed by atoms with Crippen LogP contribution in [0.4, 0.5) is 0 Å². The molecule has 19 heavy (non-hydrogen) atoms. The maximum Gasteiger partial charge on any atom is 0.0476 e. The number of aryl methyl sites for hydroxylation is 2. The molecule has 106 valence electrons. The van der Waals surface area contributed by atoms with Crippen LogP contribution in [0.2, 0.25) is 0 Å². The molecule has 3 heteroatoms. The Hall–Kier alpha value is -0.900. The van der Waals surface area contributed by atoms with Gasteiger partial charge in [0.1, 0.15) is 0 Å². The van der Waals surface area contributed by atoms with Crippen LogP contribution in [0.3, 0.4) is 0 Å². The number of piperazine rings is 1. The number of likely N-dealkylation sites (N-methyl/N-ethyl adjacent to an activating group) is 1. The van der Waals surface area contributed by atoms with E-state index in [-0.39, 0.29) is 0 Å². The van der Waals surface area contributed by atoms with Gasteiger partial charge in [0.05, 0.1) is 0 Å². The Morgan fingerprint density at radius 1 is 1.26 bits per heavy atom. The molecule has 1 aromatic carbocycles. The minimum absolute atomic E-state index is 0.359.